The Balaban J connectivity index is 2.17. The van der Waals surface area contributed by atoms with Crippen LogP contribution in [0.15, 0.2) is 0 Å². The molecule has 14 heavy (non-hydrogen) atoms. The minimum absolute atomic E-state index is 0.269. The van der Waals surface area contributed by atoms with Gasteiger partial charge in [0.1, 0.15) is 0 Å². The highest BCUT2D eigenvalue weighted by molar-refractivity contribution is 4.98. The van der Waals surface area contributed by atoms with E-state index in [9.17, 15) is 0 Å². The fourth-order valence-corrected chi connectivity index (χ4v) is 2.00. The minimum atomic E-state index is 0.269. The first-order valence-electron chi connectivity index (χ1n) is 5.72. The van der Waals surface area contributed by atoms with Crippen molar-refractivity contribution < 1.29 is 0 Å². The van der Waals surface area contributed by atoms with Gasteiger partial charge in [-0.05, 0) is 31.8 Å². The summed E-state index contributed by atoms with van der Waals surface area (Å²) in [5, 5.41) is 3.44. The summed E-state index contributed by atoms with van der Waals surface area (Å²) in [6.07, 6.45) is 7.75. The van der Waals surface area contributed by atoms with Gasteiger partial charge in [0.15, 0.2) is 0 Å². The summed E-state index contributed by atoms with van der Waals surface area (Å²) in [7, 11) is 0. The quantitative estimate of drug-likeness (QED) is 0.664. The fraction of sp³-hybridized carbons (Fsp3) is 0.833. The molecule has 2 atom stereocenters. The van der Waals surface area contributed by atoms with Crippen molar-refractivity contribution in [2.75, 3.05) is 26.2 Å². The third-order valence-electron chi connectivity index (χ3n) is 3.08. The van der Waals surface area contributed by atoms with Crippen LogP contribution in [-0.2, 0) is 0 Å². The van der Waals surface area contributed by atoms with Gasteiger partial charge in [0.2, 0.25) is 0 Å². The molecular formula is C12H22N2. The summed E-state index contributed by atoms with van der Waals surface area (Å²) < 4.78 is 0. The second-order valence-electron chi connectivity index (χ2n) is 4.08. The SMILES string of the molecule is C#CC(CC)NCC1CCN(CC)C1. The Morgan fingerprint density at radius 2 is 2.36 bits per heavy atom. The molecular weight excluding hydrogens is 172 g/mol. The first-order chi connectivity index (χ1) is 6.80. The predicted molar refractivity (Wildman–Crippen MR) is 61.1 cm³/mol. The van der Waals surface area contributed by atoms with Crippen molar-refractivity contribution in [1.29, 1.82) is 0 Å². The minimum Gasteiger partial charge on any atom is -0.303 e. The number of rotatable bonds is 5. The van der Waals surface area contributed by atoms with E-state index in [1.165, 1.54) is 26.1 Å². The highest BCUT2D eigenvalue weighted by atomic mass is 15.1. The van der Waals surface area contributed by atoms with Crippen molar-refractivity contribution in [1.82, 2.24) is 10.2 Å². The number of hydrogen-bond acceptors (Lipinski definition) is 2. The number of hydrogen-bond donors (Lipinski definition) is 1. The van der Waals surface area contributed by atoms with Gasteiger partial charge in [0, 0.05) is 13.1 Å². The molecule has 0 aliphatic carbocycles. The molecule has 0 spiro atoms. The molecule has 0 aromatic rings. The molecule has 1 rings (SSSR count). The standard InChI is InChI=1S/C12H22N2/c1-4-12(5-2)13-9-11-7-8-14(6-3)10-11/h1,11-13H,5-10H2,2-3H3. The molecule has 1 N–H and O–H groups in total. The summed E-state index contributed by atoms with van der Waals surface area (Å²) >= 11 is 0. The van der Waals surface area contributed by atoms with Crippen molar-refractivity contribution in [3.8, 4) is 12.3 Å². The first kappa shape index (κ1) is 11.6. The van der Waals surface area contributed by atoms with Gasteiger partial charge in [-0.2, -0.15) is 0 Å². The Hall–Kier alpha value is -0.520. The van der Waals surface area contributed by atoms with Gasteiger partial charge in [-0.3, -0.25) is 0 Å². The Kier molecular flexibility index (Phi) is 5.00. The lowest BCUT2D eigenvalue weighted by molar-refractivity contribution is 0.337. The van der Waals surface area contributed by atoms with Gasteiger partial charge in [0.05, 0.1) is 6.04 Å². The van der Waals surface area contributed by atoms with E-state index < -0.39 is 0 Å². The van der Waals surface area contributed by atoms with E-state index in [1.54, 1.807) is 0 Å². The van der Waals surface area contributed by atoms with Gasteiger partial charge < -0.3 is 10.2 Å². The van der Waals surface area contributed by atoms with E-state index >= 15 is 0 Å². The van der Waals surface area contributed by atoms with E-state index in [-0.39, 0.29) is 6.04 Å². The molecule has 2 unspecified atom stereocenters. The lowest BCUT2D eigenvalue weighted by Crippen LogP contribution is -2.33. The largest absolute Gasteiger partial charge is 0.303 e. The van der Waals surface area contributed by atoms with Gasteiger partial charge in [-0.25, -0.2) is 0 Å². The maximum atomic E-state index is 5.40. The third-order valence-corrected chi connectivity index (χ3v) is 3.08. The first-order valence-corrected chi connectivity index (χ1v) is 5.72. The highest BCUT2D eigenvalue weighted by Gasteiger charge is 2.20. The van der Waals surface area contributed by atoms with Crippen molar-refractivity contribution in [2.24, 2.45) is 5.92 Å². The molecule has 1 saturated heterocycles. The van der Waals surface area contributed by atoms with Gasteiger partial charge in [0.25, 0.3) is 0 Å². The van der Waals surface area contributed by atoms with Crippen molar-refractivity contribution in [3.63, 3.8) is 0 Å². The van der Waals surface area contributed by atoms with Gasteiger partial charge >= 0.3 is 0 Å². The van der Waals surface area contributed by atoms with Crippen LogP contribution in [0.25, 0.3) is 0 Å². The smallest absolute Gasteiger partial charge is 0.0684 e. The number of nitrogens with one attached hydrogen (secondary N) is 1. The van der Waals surface area contributed by atoms with E-state index in [2.05, 4.69) is 30.0 Å². The summed E-state index contributed by atoms with van der Waals surface area (Å²) in [5.74, 6) is 3.58. The molecule has 0 saturated carbocycles. The molecule has 0 aromatic heterocycles. The van der Waals surface area contributed by atoms with Crippen LogP contribution in [0.2, 0.25) is 0 Å². The molecule has 1 heterocycles. The van der Waals surface area contributed by atoms with Crippen LogP contribution in [0.4, 0.5) is 0 Å². The summed E-state index contributed by atoms with van der Waals surface area (Å²) in [5.41, 5.74) is 0. The molecule has 2 nitrogen and oxygen atoms in total. The average Bonchev–Trinajstić information content (AvgIpc) is 2.67. The number of terminal acetylenes is 1. The molecule has 1 aliphatic heterocycles. The summed E-state index contributed by atoms with van der Waals surface area (Å²) in [6, 6.07) is 0.269. The molecule has 2 heteroatoms. The summed E-state index contributed by atoms with van der Waals surface area (Å²) in [6.45, 7) is 9.12. The van der Waals surface area contributed by atoms with Crippen LogP contribution < -0.4 is 5.32 Å². The van der Waals surface area contributed by atoms with Gasteiger partial charge in [-0.1, -0.05) is 19.8 Å². The Morgan fingerprint density at radius 1 is 1.57 bits per heavy atom. The third kappa shape index (κ3) is 3.32. The zero-order valence-corrected chi connectivity index (χ0v) is 9.42. The van der Waals surface area contributed by atoms with Crippen LogP contribution in [0, 0.1) is 18.3 Å². The van der Waals surface area contributed by atoms with Crippen molar-refractivity contribution in [2.45, 2.75) is 32.7 Å². The molecule has 1 fully saturated rings. The van der Waals surface area contributed by atoms with E-state index in [0.717, 1.165) is 18.9 Å². The van der Waals surface area contributed by atoms with E-state index in [1.807, 2.05) is 0 Å². The number of likely N-dealkylation sites (tertiary alicyclic amines) is 1. The highest BCUT2D eigenvalue weighted by Crippen LogP contribution is 2.14. The van der Waals surface area contributed by atoms with E-state index in [0.29, 0.717) is 0 Å². The maximum Gasteiger partial charge on any atom is 0.0684 e. The monoisotopic (exact) mass is 194 g/mol. The Morgan fingerprint density at radius 3 is 2.86 bits per heavy atom. The number of nitrogens with zero attached hydrogens (tertiary/aromatic N) is 1. The second-order valence-corrected chi connectivity index (χ2v) is 4.08. The summed E-state index contributed by atoms with van der Waals surface area (Å²) in [4.78, 5) is 2.50. The fourth-order valence-electron chi connectivity index (χ4n) is 2.00. The van der Waals surface area contributed by atoms with Crippen molar-refractivity contribution in [3.05, 3.63) is 0 Å². The molecule has 80 valence electrons. The lowest BCUT2D eigenvalue weighted by atomic mass is 10.1. The Bertz CT molecular complexity index is 195. The Labute approximate surface area is 88.1 Å². The van der Waals surface area contributed by atoms with Gasteiger partial charge in [-0.15, -0.1) is 6.42 Å². The lowest BCUT2D eigenvalue weighted by Gasteiger charge is -2.16. The zero-order chi connectivity index (χ0) is 10.4. The molecule has 1 aliphatic rings. The van der Waals surface area contributed by atoms with Crippen molar-refractivity contribution >= 4 is 0 Å². The van der Waals surface area contributed by atoms with Crippen LogP contribution in [0.5, 0.6) is 0 Å². The molecule has 0 radical (unpaired) electrons. The van der Waals surface area contributed by atoms with E-state index in [4.69, 9.17) is 6.42 Å². The molecule has 0 amide bonds. The van der Waals surface area contributed by atoms with Crippen LogP contribution in [-0.4, -0.2) is 37.1 Å². The topological polar surface area (TPSA) is 15.3 Å². The maximum absolute atomic E-state index is 5.40. The predicted octanol–water partition coefficient (Wildman–Crippen LogP) is 1.33. The zero-order valence-electron chi connectivity index (χ0n) is 9.42. The average molecular weight is 194 g/mol. The van der Waals surface area contributed by atoms with Crippen LogP contribution in [0.1, 0.15) is 26.7 Å². The van der Waals surface area contributed by atoms with Crippen LogP contribution >= 0.6 is 0 Å². The van der Waals surface area contributed by atoms with Crippen LogP contribution in [0.3, 0.4) is 0 Å². The molecule has 0 bridgehead atoms. The second kappa shape index (κ2) is 6.06. The molecule has 0 aromatic carbocycles. The normalized spacial score (nSPS) is 24.8.